The summed E-state index contributed by atoms with van der Waals surface area (Å²) in [5, 5.41) is 8.75. The first-order chi connectivity index (χ1) is 11.6. The quantitative estimate of drug-likeness (QED) is 0.528. The molecular formula is C17H16N4O2S. The number of benzene rings is 1. The maximum absolute atomic E-state index is 12.1. The second-order valence-electron chi connectivity index (χ2n) is 5.30. The number of hydrogen-bond acceptors (Lipinski definition) is 5. The first kappa shape index (κ1) is 16.2. The normalized spacial score (nSPS) is 16.5. The number of para-hydroxylation sites is 1. The summed E-state index contributed by atoms with van der Waals surface area (Å²) in [7, 11) is 0. The van der Waals surface area contributed by atoms with E-state index in [0.29, 0.717) is 22.2 Å². The Hall–Kier alpha value is -2.67. The molecule has 2 heterocycles. The number of aromatic amines is 1. The molecule has 0 spiro atoms. The van der Waals surface area contributed by atoms with Crippen LogP contribution in [0.3, 0.4) is 0 Å². The Morgan fingerprint density at radius 3 is 2.75 bits per heavy atom. The lowest BCUT2D eigenvalue weighted by molar-refractivity contribution is -0.115. The van der Waals surface area contributed by atoms with Crippen molar-refractivity contribution in [3.8, 4) is 0 Å². The molecule has 0 aliphatic carbocycles. The van der Waals surface area contributed by atoms with Crippen LogP contribution in [0.4, 0.5) is 5.69 Å². The van der Waals surface area contributed by atoms with Crippen LogP contribution in [0.5, 0.6) is 0 Å². The molecule has 24 heavy (non-hydrogen) atoms. The van der Waals surface area contributed by atoms with Gasteiger partial charge in [0.25, 0.3) is 0 Å². The number of aromatic nitrogens is 1. The smallest absolute Gasteiger partial charge is 0.243 e. The van der Waals surface area contributed by atoms with Crippen LogP contribution in [-0.2, 0) is 4.79 Å². The molecule has 1 aliphatic heterocycles. The highest BCUT2D eigenvalue weighted by atomic mass is 32.2. The fourth-order valence-electron chi connectivity index (χ4n) is 2.43. The average Bonchev–Trinajstić information content (AvgIpc) is 3.11. The molecule has 122 valence electrons. The van der Waals surface area contributed by atoms with Gasteiger partial charge in [-0.3, -0.25) is 14.5 Å². The molecule has 0 unspecified atom stereocenters. The molecule has 0 radical (unpaired) electrons. The van der Waals surface area contributed by atoms with Crippen molar-refractivity contribution in [2.75, 3.05) is 10.7 Å². The predicted molar refractivity (Wildman–Crippen MR) is 96.9 cm³/mol. The summed E-state index contributed by atoms with van der Waals surface area (Å²) in [6.07, 6.45) is 1.54. The lowest BCUT2D eigenvalue weighted by Gasteiger charge is -2.14. The summed E-state index contributed by atoms with van der Waals surface area (Å²) < 4.78 is 0. The fourth-order valence-corrected chi connectivity index (χ4v) is 3.25. The topological polar surface area (TPSA) is 77.9 Å². The van der Waals surface area contributed by atoms with Gasteiger partial charge in [-0.2, -0.15) is 5.10 Å². The van der Waals surface area contributed by atoms with E-state index in [1.165, 1.54) is 18.7 Å². The van der Waals surface area contributed by atoms with Crippen molar-refractivity contribution in [2.24, 2.45) is 10.2 Å². The number of anilines is 1. The van der Waals surface area contributed by atoms with Gasteiger partial charge in [0.15, 0.2) is 11.0 Å². The average molecular weight is 340 g/mol. The van der Waals surface area contributed by atoms with Crippen LogP contribution >= 0.6 is 11.8 Å². The van der Waals surface area contributed by atoms with Gasteiger partial charge in [0.1, 0.15) is 0 Å². The number of nitrogens with zero attached hydrogens (tertiary/aromatic N) is 3. The van der Waals surface area contributed by atoms with E-state index in [1.54, 1.807) is 17.2 Å². The molecular weight excluding hydrogens is 324 g/mol. The van der Waals surface area contributed by atoms with E-state index in [9.17, 15) is 9.59 Å². The standard InChI is InChI=1S/C17H16N4O2S/c1-11-15(12(2)22)8-13(19-11)9-18-20-17-21(16(23)10-24-17)14-6-4-3-5-7-14/h3-9,19H,10H2,1-2H3/b18-9+,20-17+. The number of nitrogens with one attached hydrogen (secondary N) is 1. The number of ketones is 1. The molecule has 6 nitrogen and oxygen atoms in total. The van der Waals surface area contributed by atoms with Gasteiger partial charge in [0, 0.05) is 11.3 Å². The van der Waals surface area contributed by atoms with Crippen LogP contribution in [-0.4, -0.2) is 33.8 Å². The zero-order chi connectivity index (χ0) is 17.1. The Bertz CT molecular complexity index is 840. The van der Waals surface area contributed by atoms with E-state index in [1.807, 2.05) is 37.3 Å². The zero-order valence-electron chi connectivity index (χ0n) is 13.3. The minimum atomic E-state index is -0.0188. The largest absolute Gasteiger partial charge is 0.357 e. The summed E-state index contributed by atoms with van der Waals surface area (Å²) in [5.74, 6) is 0.330. The Kier molecular flexibility index (Phi) is 4.61. The van der Waals surface area contributed by atoms with Crippen LogP contribution in [0.15, 0.2) is 46.6 Å². The number of rotatable bonds is 4. The predicted octanol–water partition coefficient (Wildman–Crippen LogP) is 3.00. The molecule has 2 aromatic rings. The van der Waals surface area contributed by atoms with Crippen molar-refractivity contribution in [3.05, 3.63) is 53.3 Å². The number of aryl methyl sites for hydroxylation is 1. The summed E-state index contributed by atoms with van der Waals surface area (Å²) >= 11 is 1.35. The number of amides is 1. The summed E-state index contributed by atoms with van der Waals surface area (Å²) in [4.78, 5) is 28.2. The van der Waals surface area contributed by atoms with Crippen LogP contribution < -0.4 is 4.90 Å². The summed E-state index contributed by atoms with van der Waals surface area (Å²) in [6, 6.07) is 11.1. The third-order valence-corrected chi connectivity index (χ3v) is 4.45. The molecule has 3 rings (SSSR count). The number of carbonyl (C=O) groups excluding carboxylic acids is 2. The molecule has 1 N–H and O–H groups in total. The molecule has 0 saturated carbocycles. The number of Topliss-reactive ketones (excluding diaryl/α,β-unsaturated/α-hetero) is 1. The minimum Gasteiger partial charge on any atom is -0.357 e. The third kappa shape index (κ3) is 3.30. The van der Waals surface area contributed by atoms with Crippen LogP contribution in [0.25, 0.3) is 0 Å². The van der Waals surface area contributed by atoms with Gasteiger partial charge in [0.2, 0.25) is 5.91 Å². The summed E-state index contributed by atoms with van der Waals surface area (Å²) in [6.45, 7) is 3.36. The Morgan fingerprint density at radius 1 is 1.33 bits per heavy atom. The fraction of sp³-hybridized carbons (Fsp3) is 0.176. The van der Waals surface area contributed by atoms with Gasteiger partial charge in [-0.15, -0.1) is 5.10 Å². The van der Waals surface area contributed by atoms with Crippen molar-refractivity contribution >= 4 is 40.5 Å². The first-order valence-corrected chi connectivity index (χ1v) is 8.37. The summed E-state index contributed by atoms with van der Waals surface area (Å²) in [5.41, 5.74) is 2.91. The van der Waals surface area contributed by atoms with E-state index in [4.69, 9.17) is 0 Å². The molecule has 7 heteroatoms. The molecule has 1 fully saturated rings. The maximum atomic E-state index is 12.1. The zero-order valence-corrected chi connectivity index (χ0v) is 14.1. The molecule has 1 amide bonds. The van der Waals surface area contributed by atoms with Gasteiger partial charge < -0.3 is 4.98 Å². The van der Waals surface area contributed by atoms with Crippen LogP contribution in [0, 0.1) is 6.92 Å². The molecule has 1 aromatic heterocycles. The van der Waals surface area contributed by atoms with Gasteiger partial charge >= 0.3 is 0 Å². The lowest BCUT2D eigenvalue weighted by atomic mass is 10.2. The monoisotopic (exact) mass is 340 g/mol. The van der Waals surface area contributed by atoms with E-state index < -0.39 is 0 Å². The highest BCUT2D eigenvalue weighted by molar-refractivity contribution is 8.15. The van der Waals surface area contributed by atoms with Crippen molar-refractivity contribution in [1.82, 2.24) is 4.98 Å². The SMILES string of the molecule is CC(=O)c1cc(/C=N/N=C2/SCC(=O)N2c2ccccc2)[nH]c1C. The Balaban J connectivity index is 1.81. The Labute approximate surface area is 143 Å². The van der Waals surface area contributed by atoms with Crippen LogP contribution in [0.1, 0.15) is 28.7 Å². The molecule has 0 bridgehead atoms. The van der Waals surface area contributed by atoms with Crippen molar-refractivity contribution in [3.63, 3.8) is 0 Å². The van der Waals surface area contributed by atoms with Gasteiger partial charge in [-0.25, -0.2) is 0 Å². The molecule has 1 aromatic carbocycles. The van der Waals surface area contributed by atoms with Crippen molar-refractivity contribution in [2.45, 2.75) is 13.8 Å². The Morgan fingerprint density at radius 2 is 2.08 bits per heavy atom. The van der Waals surface area contributed by atoms with Gasteiger partial charge in [0.05, 0.1) is 23.3 Å². The molecule has 1 aliphatic rings. The van der Waals surface area contributed by atoms with Crippen LogP contribution in [0.2, 0.25) is 0 Å². The second-order valence-corrected chi connectivity index (χ2v) is 6.24. The number of H-pyrrole nitrogens is 1. The molecule has 0 atom stereocenters. The van der Waals surface area contributed by atoms with Crippen molar-refractivity contribution in [1.29, 1.82) is 0 Å². The second kappa shape index (κ2) is 6.84. The first-order valence-electron chi connectivity index (χ1n) is 7.38. The van der Waals surface area contributed by atoms with Gasteiger partial charge in [-0.05, 0) is 32.0 Å². The van der Waals surface area contributed by atoms with E-state index in [0.717, 1.165) is 11.4 Å². The van der Waals surface area contributed by atoms with E-state index in [-0.39, 0.29) is 11.7 Å². The maximum Gasteiger partial charge on any atom is 0.243 e. The highest BCUT2D eigenvalue weighted by Crippen LogP contribution is 2.26. The highest BCUT2D eigenvalue weighted by Gasteiger charge is 2.29. The molecule has 1 saturated heterocycles. The van der Waals surface area contributed by atoms with Crippen molar-refractivity contribution < 1.29 is 9.59 Å². The number of amidine groups is 1. The number of hydrogen-bond donors (Lipinski definition) is 1. The minimum absolute atomic E-state index is 0.00177. The third-order valence-electron chi connectivity index (χ3n) is 3.53. The lowest BCUT2D eigenvalue weighted by Crippen LogP contribution is -2.28. The van der Waals surface area contributed by atoms with E-state index >= 15 is 0 Å². The van der Waals surface area contributed by atoms with E-state index in [2.05, 4.69) is 15.2 Å². The number of carbonyl (C=O) groups is 2. The number of thioether (sulfide) groups is 1. The van der Waals surface area contributed by atoms with Gasteiger partial charge in [-0.1, -0.05) is 30.0 Å².